The lowest BCUT2D eigenvalue weighted by Crippen LogP contribution is -2.44. The summed E-state index contributed by atoms with van der Waals surface area (Å²) >= 11 is 0. The Labute approximate surface area is 260 Å². The Hall–Kier alpha value is -4.57. The fourth-order valence-corrected chi connectivity index (χ4v) is 5.52. The molecule has 10 nitrogen and oxygen atoms in total. The van der Waals surface area contributed by atoms with Gasteiger partial charge >= 0.3 is 6.03 Å². The molecule has 3 amide bonds. The van der Waals surface area contributed by atoms with Gasteiger partial charge in [-0.25, -0.2) is 18.6 Å². The van der Waals surface area contributed by atoms with Gasteiger partial charge in [-0.2, -0.15) is 0 Å². The van der Waals surface area contributed by atoms with Crippen molar-refractivity contribution in [2.24, 2.45) is 0 Å². The molecule has 2 atom stereocenters. The Morgan fingerprint density at radius 1 is 1.09 bits per heavy atom. The van der Waals surface area contributed by atoms with E-state index in [1.165, 1.54) is 48.7 Å². The predicted octanol–water partition coefficient (Wildman–Crippen LogP) is 3.90. The van der Waals surface area contributed by atoms with Crippen molar-refractivity contribution in [2.75, 3.05) is 37.2 Å². The minimum Gasteiger partial charge on any atom is -0.453 e. The molecular formula is C33H36F2N6O4. The highest BCUT2D eigenvalue weighted by molar-refractivity contribution is 6.01. The van der Waals surface area contributed by atoms with Crippen molar-refractivity contribution in [3.8, 4) is 23.3 Å². The van der Waals surface area contributed by atoms with E-state index in [9.17, 15) is 19.1 Å². The van der Waals surface area contributed by atoms with Crippen LogP contribution in [-0.4, -0.2) is 75.7 Å². The van der Waals surface area contributed by atoms with Crippen LogP contribution in [0.4, 0.5) is 25.1 Å². The number of rotatable bonds is 7. The molecule has 0 bridgehead atoms. The minimum atomic E-state index is -0.852. The van der Waals surface area contributed by atoms with Gasteiger partial charge in [0.25, 0.3) is 0 Å². The third kappa shape index (κ3) is 7.94. The molecule has 3 heterocycles. The number of hydrogen-bond donors (Lipinski definition) is 4. The SMILES string of the molecule is CC(C)(C#Cc1c(Oc2ccc(NC(=O)NC(=O)Cc3ccc(F)cc3)cc2F)ccnc1N)N1CC(O)C(N2CCCC2)C1. The number of ether oxygens (including phenoxy) is 1. The summed E-state index contributed by atoms with van der Waals surface area (Å²) in [6.07, 6.45) is 3.13. The van der Waals surface area contributed by atoms with Crippen LogP contribution >= 0.6 is 0 Å². The molecule has 2 aromatic carbocycles. The van der Waals surface area contributed by atoms with Gasteiger partial charge in [-0.15, -0.1) is 0 Å². The van der Waals surface area contributed by atoms with Gasteiger partial charge in [0.05, 0.1) is 18.1 Å². The molecule has 236 valence electrons. The van der Waals surface area contributed by atoms with Crippen LogP contribution in [0, 0.1) is 23.5 Å². The lowest BCUT2D eigenvalue weighted by Gasteiger charge is -2.31. The number of benzene rings is 2. The van der Waals surface area contributed by atoms with Crippen LogP contribution in [-0.2, 0) is 11.2 Å². The van der Waals surface area contributed by atoms with Crippen molar-refractivity contribution in [3.63, 3.8) is 0 Å². The average molecular weight is 619 g/mol. The topological polar surface area (TPSA) is 133 Å². The molecule has 2 fully saturated rings. The number of urea groups is 1. The van der Waals surface area contributed by atoms with Gasteiger partial charge in [0, 0.05) is 43.1 Å². The highest BCUT2D eigenvalue weighted by Crippen LogP contribution is 2.31. The fraction of sp³-hybridized carbons (Fsp3) is 0.364. The summed E-state index contributed by atoms with van der Waals surface area (Å²) in [7, 11) is 0. The van der Waals surface area contributed by atoms with Crippen molar-refractivity contribution >= 4 is 23.4 Å². The van der Waals surface area contributed by atoms with Crippen molar-refractivity contribution in [1.29, 1.82) is 0 Å². The molecular weight excluding hydrogens is 582 g/mol. The Balaban J connectivity index is 1.23. The number of pyridine rings is 1. The van der Waals surface area contributed by atoms with Crippen molar-refractivity contribution in [2.45, 2.75) is 50.8 Å². The van der Waals surface area contributed by atoms with Gasteiger partial charge < -0.3 is 20.9 Å². The summed E-state index contributed by atoms with van der Waals surface area (Å²) in [4.78, 5) is 33.0. The number of aliphatic hydroxyl groups is 1. The molecule has 2 aliphatic rings. The van der Waals surface area contributed by atoms with E-state index in [1.807, 2.05) is 13.8 Å². The molecule has 0 radical (unpaired) electrons. The second-order valence-corrected chi connectivity index (χ2v) is 11.7. The van der Waals surface area contributed by atoms with Gasteiger partial charge in [0.1, 0.15) is 22.9 Å². The Kier molecular flexibility index (Phi) is 9.63. The zero-order chi connectivity index (χ0) is 32.1. The second kappa shape index (κ2) is 13.6. The number of amides is 3. The summed E-state index contributed by atoms with van der Waals surface area (Å²) in [5.41, 5.74) is 6.45. The second-order valence-electron chi connectivity index (χ2n) is 11.7. The van der Waals surface area contributed by atoms with Gasteiger partial charge in [-0.1, -0.05) is 24.0 Å². The number of anilines is 2. The first-order valence-corrected chi connectivity index (χ1v) is 14.8. The number of likely N-dealkylation sites (tertiary alicyclic amines) is 2. The number of halogens is 2. The molecule has 0 spiro atoms. The van der Waals surface area contributed by atoms with E-state index in [2.05, 4.69) is 37.3 Å². The number of carbonyl (C=O) groups excluding carboxylic acids is 2. The molecule has 0 saturated carbocycles. The van der Waals surface area contributed by atoms with E-state index in [1.54, 1.807) is 0 Å². The zero-order valence-electron chi connectivity index (χ0n) is 25.1. The van der Waals surface area contributed by atoms with Crippen molar-refractivity contribution in [1.82, 2.24) is 20.1 Å². The lowest BCUT2D eigenvalue weighted by atomic mass is 10.0. The van der Waals surface area contributed by atoms with Gasteiger partial charge in [-0.05, 0) is 69.6 Å². The Morgan fingerprint density at radius 2 is 1.82 bits per heavy atom. The molecule has 2 saturated heterocycles. The summed E-state index contributed by atoms with van der Waals surface area (Å²) < 4.78 is 34.0. The summed E-state index contributed by atoms with van der Waals surface area (Å²) in [6, 6.07) is 9.86. The quantitative estimate of drug-likeness (QED) is 0.293. The monoisotopic (exact) mass is 618 g/mol. The minimum absolute atomic E-state index is 0.0735. The van der Waals surface area contributed by atoms with Gasteiger partial charge in [0.15, 0.2) is 11.6 Å². The number of nitrogens with two attached hydrogens (primary N) is 1. The Bertz CT molecular complexity index is 1620. The van der Waals surface area contributed by atoms with Crippen LogP contribution < -0.4 is 21.1 Å². The first-order valence-electron chi connectivity index (χ1n) is 14.8. The van der Waals surface area contributed by atoms with Gasteiger partial charge in [-0.3, -0.25) is 19.9 Å². The maximum absolute atomic E-state index is 15.1. The Morgan fingerprint density at radius 3 is 2.53 bits per heavy atom. The third-order valence-electron chi connectivity index (χ3n) is 8.04. The largest absolute Gasteiger partial charge is 0.453 e. The molecule has 1 aromatic heterocycles. The zero-order valence-corrected chi connectivity index (χ0v) is 25.1. The number of aliphatic hydroxyl groups excluding tert-OH is 1. The number of hydrogen-bond acceptors (Lipinski definition) is 8. The normalized spacial score (nSPS) is 18.7. The van der Waals surface area contributed by atoms with Crippen molar-refractivity contribution in [3.05, 3.63) is 77.5 Å². The van der Waals surface area contributed by atoms with Crippen LogP contribution in [0.3, 0.4) is 0 Å². The predicted molar refractivity (Wildman–Crippen MR) is 166 cm³/mol. The summed E-state index contributed by atoms with van der Waals surface area (Å²) in [5.74, 6) is 4.68. The van der Waals surface area contributed by atoms with E-state index in [0.29, 0.717) is 24.2 Å². The van der Waals surface area contributed by atoms with Crippen LogP contribution in [0.1, 0.15) is 37.8 Å². The van der Waals surface area contributed by atoms with E-state index < -0.39 is 35.2 Å². The molecule has 0 aliphatic carbocycles. The third-order valence-corrected chi connectivity index (χ3v) is 8.04. The number of nitrogen functional groups attached to an aromatic ring is 1. The first kappa shape index (κ1) is 31.8. The average Bonchev–Trinajstić information content (AvgIpc) is 3.65. The molecule has 3 aromatic rings. The van der Waals surface area contributed by atoms with Crippen molar-refractivity contribution < 1.29 is 28.2 Å². The molecule has 2 unspecified atom stereocenters. The number of β-amino-alcohol motifs (C(OH)–C–C–N with tert-alkyl or cyclic N) is 1. The van der Waals surface area contributed by atoms with Gasteiger partial charge in [0.2, 0.25) is 5.91 Å². The number of aromatic nitrogens is 1. The number of carbonyl (C=O) groups is 2. The number of nitrogens with one attached hydrogen (secondary N) is 2. The molecule has 12 heteroatoms. The number of imide groups is 1. The standard InChI is InChI=1S/C33H36F2N6O4/c1-33(2,41-19-26(27(42)20-41)40-15-3-4-16-40)13-11-24-28(12-14-37-31(24)36)45-29-10-9-23(18-25(29)35)38-32(44)39-30(43)17-21-5-7-22(34)8-6-21/h5-10,12,14,18,26-27,42H,3-4,15-17,19-20H2,1-2H3,(H2,36,37)(H2,38,39,43,44). The van der Waals surface area contributed by atoms with Crippen LogP contribution in [0.25, 0.3) is 0 Å². The molecule has 5 rings (SSSR count). The fourth-order valence-electron chi connectivity index (χ4n) is 5.52. The maximum atomic E-state index is 15.1. The molecule has 2 aliphatic heterocycles. The maximum Gasteiger partial charge on any atom is 0.325 e. The van der Waals surface area contributed by atoms with E-state index in [4.69, 9.17) is 10.5 Å². The molecule has 45 heavy (non-hydrogen) atoms. The summed E-state index contributed by atoms with van der Waals surface area (Å²) in [6.45, 7) is 7.14. The molecule has 5 N–H and O–H groups in total. The first-order chi connectivity index (χ1) is 21.5. The highest BCUT2D eigenvalue weighted by Gasteiger charge is 2.41. The highest BCUT2D eigenvalue weighted by atomic mass is 19.1. The van der Waals surface area contributed by atoms with E-state index in [0.717, 1.165) is 32.0 Å². The van der Waals surface area contributed by atoms with E-state index in [-0.39, 0.29) is 35.5 Å². The lowest BCUT2D eigenvalue weighted by molar-refractivity contribution is -0.119. The summed E-state index contributed by atoms with van der Waals surface area (Å²) in [5, 5.41) is 15.3. The van der Waals surface area contributed by atoms with Crippen LogP contribution in [0.5, 0.6) is 11.5 Å². The van der Waals surface area contributed by atoms with E-state index >= 15 is 4.39 Å². The smallest absolute Gasteiger partial charge is 0.325 e. The van der Waals surface area contributed by atoms with Crippen LogP contribution in [0.2, 0.25) is 0 Å². The number of nitrogens with zero attached hydrogens (tertiary/aromatic N) is 3. The van der Waals surface area contributed by atoms with Crippen LogP contribution in [0.15, 0.2) is 54.7 Å².